The largest absolute Gasteiger partial charge is 0.494 e. The summed E-state index contributed by atoms with van der Waals surface area (Å²) in [6.45, 7) is 4.57. The Morgan fingerprint density at radius 3 is 1.83 bits per heavy atom. The van der Waals surface area contributed by atoms with Crippen molar-refractivity contribution in [2.45, 2.75) is 39.5 Å². The Bertz CT molecular complexity index is 657. The zero-order valence-corrected chi connectivity index (χ0v) is 14.3. The zero-order chi connectivity index (χ0) is 17.4. The van der Waals surface area contributed by atoms with Gasteiger partial charge in [0.25, 0.3) is 0 Å². The van der Waals surface area contributed by atoms with Gasteiger partial charge in [-0.05, 0) is 49.6 Å². The van der Waals surface area contributed by atoms with Crippen molar-refractivity contribution in [3.05, 3.63) is 65.2 Å². The molecule has 0 unspecified atom stereocenters. The Balaban J connectivity index is 2.12. The van der Waals surface area contributed by atoms with Crippen LogP contribution in [0.2, 0.25) is 0 Å². The fourth-order valence-electron chi connectivity index (χ4n) is 2.51. The molecule has 128 valence electrons. The Morgan fingerprint density at radius 1 is 0.792 bits per heavy atom. The maximum absolute atomic E-state index is 14.4. The summed E-state index contributed by atoms with van der Waals surface area (Å²) in [7, 11) is 0. The first-order valence-corrected chi connectivity index (χ1v) is 8.53. The van der Waals surface area contributed by atoms with Crippen LogP contribution in [0.15, 0.2) is 48.5 Å². The molecule has 3 heteroatoms. The van der Waals surface area contributed by atoms with E-state index in [2.05, 4.69) is 6.92 Å². The number of halogens is 2. The molecule has 0 saturated heterocycles. The van der Waals surface area contributed by atoms with Crippen LogP contribution in [0.1, 0.15) is 49.8 Å². The SMILES string of the molecule is CCCCCc1ccc(/C(F)=C(\F)c2ccc(OCC)cc2)cc1. The molecule has 0 heterocycles. The van der Waals surface area contributed by atoms with Crippen LogP contribution in [0.3, 0.4) is 0 Å². The lowest BCUT2D eigenvalue weighted by Gasteiger charge is -2.06. The monoisotopic (exact) mass is 330 g/mol. The van der Waals surface area contributed by atoms with Crippen molar-refractivity contribution in [1.29, 1.82) is 0 Å². The Labute approximate surface area is 143 Å². The molecule has 0 fully saturated rings. The molecule has 1 nitrogen and oxygen atoms in total. The van der Waals surface area contributed by atoms with Gasteiger partial charge in [-0.1, -0.05) is 44.0 Å². The highest BCUT2D eigenvalue weighted by atomic mass is 19.2. The zero-order valence-electron chi connectivity index (χ0n) is 14.3. The van der Waals surface area contributed by atoms with E-state index in [4.69, 9.17) is 4.74 Å². The molecule has 0 spiro atoms. The van der Waals surface area contributed by atoms with Gasteiger partial charge in [-0.15, -0.1) is 0 Å². The normalized spacial score (nSPS) is 12.0. The third-order valence-electron chi connectivity index (χ3n) is 3.89. The number of rotatable bonds is 8. The molecule has 2 rings (SSSR count). The predicted molar refractivity (Wildman–Crippen MR) is 96.3 cm³/mol. The predicted octanol–water partition coefficient (Wildman–Crippen LogP) is 6.58. The highest BCUT2D eigenvalue weighted by Gasteiger charge is 2.11. The fourth-order valence-corrected chi connectivity index (χ4v) is 2.51. The third kappa shape index (κ3) is 4.92. The Kier molecular flexibility index (Phi) is 6.98. The van der Waals surface area contributed by atoms with Gasteiger partial charge >= 0.3 is 0 Å². The van der Waals surface area contributed by atoms with E-state index >= 15 is 0 Å². The number of hydrogen-bond donors (Lipinski definition) is 0. The van der Waals surface area contributed by atoms with E-state index in [1.54, 1.807) is 24.3 Å². The van der Waals surface area contributed by atoms with E-state index in [1.165, 1.54) is 25.0 Å². The van der Waals surface area contributed by atoms with Crippen molar-refractivity contribution >= 4 is 11.7 Å². The Hall–Kier alpha value is -2.16. The lowest BCUT2D eigenvalue weighted by atomic mass is 10.0. The van der Waals surface area contributed by atoms with Crippen LogP contribution in [0.5, 0.6) is 5.75 Å². The van der Waals surface area contributed by atoms with E-state index in [0.29, 0.717) is 12.4 Å². The molecule has 0 saturated carbocycles. The number of ether oxygens (including phenoxy) is 1. The van der Waals surface area contributed by atoms with E-state index < -0.39 is 11.7 Å². The van der Waals surface area contributed by atoms with Gasteiger partial charge in [-0.2, -0.15) is 0 Å². The molecule has 0 N–H and O–H groups in total. The van der Waals surface area contributed by atoms with Gasteiger partial charge in [0.2, 0.25) is 0 Å². The van der Waals surface area contributed by atoms with Gasteiger partial charge in [0.1, 0.15) is 5.75 Å². The van der Waals surface area contributed by atoms with Crippen LogP contribution >= 0.6 is 0 Å². The first kappa shape index (κ1) is 18.2. The minimum Gasteiger partial charge on any atom is -0.494 e. The smallest absolute Gasteiger partial charge is 0.166 e. The number of aryl methyl sites for hydroxylation is 1. The van der Waals surface area contributed by atoms with Crippen molar-refractivity contribution < 1.29 is 13.5 Å². The van der Waals surface area contributed by atoms with Gasteiger partial charge < -0.3 is 4.74 Å². The number of benzene rings is 2. The second kappa shape index (κ2) is 9.21. The van der Waals surface area contributed by atoms with E-state index in [-0.39, 0.29) is 11.1 Å². The molecule has 0 bridgehead atoms. The highest BCUT2D eigenvalue weighted by molar-refractivity contribution is 5.83. The van der Waals surface area contributed by atoms with E-state index in [0.717, 1.165) is 18.4 Å². The summed E-state index contributed by atoms with van der Waals surface area (Å²) in [6.07, 6.45) is 4.45. The molecule has 0 aliphatic carbocycles. The van der Waals surface area contributed by atoms with Crippen LogP contribution in [-0.2, 0) is 6.42 Å². The molecule has 24 heavy (non-hydrogen) atoms. The lowest BCUT2D eigenvalue weighted by Crippen LogP contribution is -1.91. The van der Waals surface area contributed by atoms with Crippen molar-refractivity contribution in [3.63, 3.8) is 0 Å². The molecule has 0 aliphatic rings. The standard InChI is InChI=1S/C21H24F2O/c1-3-5-6-7-16-8-10-17(11-9-16)20(22)21(23)18-12-14-19(15-13-18)24-4-2/h8-15H,3-7H2,1-2H3/b21-20+. The molecular weight excluding hydrogens is 306 g/mol. The summed E-state index contributed by atoms with van der Waals surface area (Å²) in [5.74, 6) is -1.04. The van der Waals surface area contributed by atoms with Crippen molar-refractivity contribution in [2.75, 3.05) is 6.61 Å². The summed E-state index contributed by atoms with van der Waals surface area (Å²) < 4.78 is 34.0. The molecular formula is C21H24F2O. The first-order chi connectivity index (χ1) is 11.7. The molecule has 0 aromatic heterocycles. The second-order valence-electron chi connectivity index (χ2n) is 5.74. The summed E-state index contributed by atoms with van der Waals surface area (Å²) in [5, 5.41) is 0. The van der Waals surface area contributed by atoms with E-state index in [9.17, 15) is 8.78 Å². The maximum Gasteiger partial charge on any atom is 0.166 e. The van der Waals surface area contributed by atoms with Crippen molar-refractivity contribution in [1.82, 2.24) is 0 Å². The summed E-state index contributed by atoms with van der Waals surface area (Å²) >= 11 is 0. The van der Waals surface area contributed by atoms with Gasteiger partial charge in [-0.3, -0.25) is 0 Å². The summed E-state index contributed by atoms with van der Waals surface area (Å²) in [5.41, 5.74) is 1.63. The van der Waals surface area contributed by atoms with Gasteiger partial charge in [0.05, 0.1) is 6.61 Å². The average molecular weight is 330 g/mol. The molecule has 0 radical (unpaired) electrons. The van der Waals surface area contributed by atoms with Gasteiger partial charge in [-0.25, -0.2) is 8.78 Å². The maximum atomic E-state index is 14.4. The fraction of sp³-hybridized carbons (Fsp3) is 0.333. The molecule has 0 amide bonds. The molecule has 2 aromatic rings. The number of unbranched alkanes of at least 4 members (excludes halogenated alkanes) is 2. The molecule has 2 aromatic carbocycles. The summed E-state index contributed by atoms with van der Waals surface area (Å²) in [6, 6.07) is 13.4. The molecule has 0 atom stereocenters. The minimum atomic E-state index is -0.850. The lowest BCUT2D eigenvalue weighted by molar-refractivity contribution is 0.340. The topological polar surface area (TPSA) is 9.23 Å². The van der Waals surface area contributed by atoms with Crippen molar-refractivity contribution in [2.24, 2.45) is 0 Å². The summed E-state index contributed by atoms with van der Waals surface area (Å²) in [4.78, 5) is 0. The minimum absolute atomic E-state index is 0.211. The second-order valence-corrected chi connectivity index (χ2v) is 5.74. The third-order valence-corrected chi connectivity index (χ3v) is 3.89. The average Bonchev–Trinajstić information content (AvgIpc) is 2.62. The van der Waals surface area contributed by atoms with Crippen LogP contribution in [0.4, 0.5) is 8.78 Å². The van der Waals surface area contributed by atoms with E-state index in [1.807, 2.05) is 19.1 Å². The number of hydrogen-bond acceptors (Lipinski definition) is 1. The van der Waals surface area contributed by atoms with Gasteiger partial charge in [0.15, 0.2) is 11.7 Å². The van der Waals surface area contributed by atoms with Crippen LogP contribution in [0.25, 0.3) is 11.7 Å². The first-order valence-electron chi connectivity index (χ1n) is 8.53. The quantitative estimate of drug-likeness (QED) is 0.392. The van der Waals surface area contributed by atoms with Crippen LogP contribution in [-0.4, -0.2) is 6.61 Å². The highest BCUT2D eigenvalue weighted by Crippen LogP contribution is 2.30. The van der Waals surface area contributed by atoms with Crippen LogP contribution in [0, 0.1) is 0 Å². The Morgan fingerprint density at radius 2 is 1.33 bits per heavy atom. The van der Waals surface area contributed by atoms with Gasteiger partial charge in [0, 0.05) is 11.1 Å². The molecule has 0 aliphatic heterocycles. The van der Waals surface area contributed by atoms with Crippen LogP contribution < -0.4 is 4.74 Å². The van der Waals surface area contributed by atoms with Crippen molar-refractivity contribution in [3.8, 4) is 5.75 Å².